The fourth-order valence-corrected chi connectivity index (χ4v) is 2.36. The molecule has 0 saturated heterocycles. The van der Waals surface area contributed by atoms with Gasteiger partial charge in [-0.15, -0.1) is 0 Å². The van der Waals surface area contributed by atoms with E-state index in [1.54, 1.807) is 0 Å². The van der Waals surface area contributed by atoms with E-state index < -0.39 is 0 Å². The van der Waals surface area contributed by atoms with Crippen molar-refractivity contribution < 1.29 is 0 Å². The number of hydrogen-bond acceptors (Lipinski definition) is 1. The molecule has 98 valence electrons. The molecule has 0 aliphatic rings. The van der Waals surface area contributed by atoms with Gasteiger partial charge in [-0.05, 0) is 52.3 Å². The maximum atomic E-state index is 3.55. The first-order valence-electron chi connectivity index (χ1n) is 6.83. The highest BCUT2D eigenvalue weighted by Gasteiger charge is 2.10. The van der Waals surface area contributed by atoms with Crippen LogP contribution in [0.15, 0.2) is 30.5 Å². The molecular formula is C16H24N2. The molecule has 0 bridgehead atoms. The van der Waals surface area contributed by atoms with E-state index in [0.717, 1.165) is 19.5 Å². The molecule has 1 aromatic heterocycles. The monoisotopic (exact) mass is 244 g/mol. The van der Waals surface area contributed by atoms with Crippen molar-refractivity contribution >= 4 is 10.9 Å². The summed E-state index contributed by atoms with van der Waals surface area (Å²) in [6, 6.07) is 8.68. The van der Waals surface area contributed by atoms with E-state index in [1.165, 1.54) is 16.5 Å². The molecule has 2 heteroatoms. The van der Waals surface area contributed by atoms with Gasteiger partial charge in [0.2, 0.25) is 0 Å². The zero-order valence-electron chi connectivity index (χ0n) is 12.0. The summed E-state index contributed by atoms with van der Waals surface area (Å²) in [6.45, 7) is 10.9. The number of nitrogens with zero attached hydrogens (tertiary/aromatic N) is 1. The molecule has 1 N–H and O–H groups in total. The number of benzene rings is 1. The highest BCUT2D eigenvalue weighted by Crippen LogP contribution is 2.21. The van der Waals surface area contributed by atoms with Gasteiger partial charge in [0.1, 0.15) is 0 Å². The second kappa shape index (κ2) is 5.15. The third-order valence-electron chi connectivity index (χ3n) is 3.26. The maximum Gasteiger partial charge on any atom is 0.0483 e. The molecule has 18 heavy (non-hydrogen) atoms. The second-order valence-electron chi connectivity index (χ2n) is 5.88. The Hall–Kier alpha value is -1.28. The maximum absolute atomic E-state index is 3.55. The first kappa shape index (κ1) is 13.2. The average molecular weight is 244 g/mol. The molecule has 2 rings (SSSR count). The lowest BCUT2D eigenvalue weighted by Crippen LogP contribution is -2.37. The minimum Gasteiger partial charge on any atom is -0.347 e. The first-order valence-corrected chi connectivity index (χ1v) is 6.83. The van der Waals surface area contributed by atoms with Gasteiger partial charge in [0, 0.05) is 29.2 Å². The standard InChI is InChI=1S/C16H24N2/c1-5-18-12-13(10-11-17-16(2,3)4)14-8-6-7-9-15(14)18/h6-9,12,17H,5,10-11H2,1-4H3. The van der Waals surface area contributed by atoms with Crippen LogP contribution in [-0.2, 0) is 13.0 Å². The third-order valence-corrected chi connectivity index (χ3v) is 3.26. The van der Waals surface area contributed by atoms with Gasteiger partial charge in [-0.2, -0.15) is 0 Å². The van der Waals surface area contributed by atoms with Crippen LogP contribution < -0.4 is 5.32 Å². The van der Waals surface area contributed by atoms with Crippen LogP contribution in [0.5, 0.6) is 0 Å². The van der Waals surface area contributed by atoms with Crippen molar-refractivity contribution in [3.05, 3.63) is 36.0 Å². The Balaban J connectivity index is 2.18. The van der Waals surface area contributed by atoms with Crippen LogP contribution in [0.25, 0.3) is 10.9 Å². The van der Waals surface area contributed by atoms with Gasteiger partial charge in [-0.3, -0.25) is 0 Å². The molecule has 0 atom stereocenters. The van der Waals surface area contributed by atoms with Crippen LogP contribution >= 0.6 is 0 Å². The van der Waals surface area contributed by atoms with E-state index in [0.29, 0.717) is 0 Å². The summed E-state index contributed by atoms with van der Waals surface area (Å²) < 4.78 is 2.34. The van der Waals surface area contributed by atoms with Gasteiger partial charge < -0.3 is 9.88 Å². The summed E-state index contributed by atoms with van der Waals surface area (Å²) in [6.07, 6.45) is 3.39. The number of para-hydroxylation sites is 1. The minimum absolute atomic E-state index is 0.198. The van der Waals surface area contributed by atoms with Gasteiger partial charge in [0.15, 0.2) is 0 Å². The Kier molecular flexibility index (Phi) is 3.76. The Morgan fingerprint density at radius 3 is 2.56 bits per heavy atom. The molecule has 0 amide bonds. The molecule has 2 nitrogen and oxygen atoms in total. The molecule has 0 unspecified atom stereocenters. The van der Waals surface area contributed by atoms with E-state index in [9.17, 15) is 0 Å². The van der Waals surface area contributed by atoms with Crippen LogP contribution in [0, 0.1) is 0 Å². The molecule has 0 fully saturated rings. The highest BCUT2D eigenvalue weighted by molar-refractivity contribution is 5.83. The van der Waals surface area contributed by atoms with Crippen molar-refractivity contribution in [3.63, 3.8) is 0 Å². The molecule has 0 radical (unpaired) electrons. The summed E-state index contributed by atoms with van der Waals surface area (Å²) in [4.78, 5) is 0. The number of fused-ring (bicyclic) bond motifs is 1. The van der Waals surface area contributed by atoms with Crippen molar-refractivity contribution in [2.45, 2.75) is 46.2 Å². The predicted octanol–water partition coefficient (Wildman–Crippen LogP) is 3.59. The average Bonchev–Trinajstić information content (AvgIpc) is 2.66. The SMILES string of the molecule is CCn1cc(CCNC(C)(C)C)c2ccccc21. The first-order chi connectivity index (χ1) is 8.51. The highest BCUT2D eigenvalue weighted by atomic mass is 15.0. The van der Waals surface area contributed by atoms with Crippen LogP contribution in [0.2, 0.25) is 0 Å². The van der Waals surface area contributed by atoms with Crippen molar-refractivity contribution in [2.24, 2.45) is 0 Å². The number of rotatable bonds is 4. The Morgan fingerprint density at radius 1 is 1.17 bits per heavy atom. The third kappa shape index (κ3) is 2.94. The number of nitrogens with one attached hydrogen (secondary N) is 1. The quantitative estimate of drug-likeness (QED) is 0.869. The Bertz CT molecular complexity index is 517. The summed E-state index contributed by atoms with van der Waals surface area (Å²) in [5.74, 6) is 0. The summed E-state index contributed by atoms with van der Waals surface area (Å²) >= 11 is 0. The lowest BCUT2D eigenvalue weighted by atomic mass is 10.1. The smallest absolute Gasteiger partial charge is 0.0483 e. The molecule has 2 aromatic rings. The van der Waals surface area contributed by atoms with Crippen LogP contribution in [0.3, 0.4) is 0 Å². The summed E-state index contributed by atoms with van der Waals surface area (Å²) in [5, 5.41) is 4.95. The van der Waals surface area contributed by atoms with Gasteiger partial charge >= 0.3 is 0 Å². The summed E-state index contributed by atoms with van der Waals surface area (Å²) in [7, 11) is 0. The van der Waals surface area contributed by atoms with Crippen molar-refractivity contribution in [1.29, 1.82) is 0 Å². The van der Waals surface area contributed by atoms with E-state index in [2.05, 4.69) is 68.0 Å². The molecular weight excluding hydrogens is 220 g/mol. The zero-order chi connectivity index (χ0) is 13.2. The second-order valence-corrected chi connectivity index (χ2v) is 5.88. The lowest BCUT2D eigenvalue weighted by molar-refractivity contribution is 0.429. The van der Waals surface area contributed by atoms with Gasteiger partial charge in [-0.25, -0.2) is 0 Å². The number of hydrogen-bond donors (Lipinski definition) is 1. The molecule has 0 aliphatic heterocycles. The van der Waals surface area contributed by atoms with Gasteiger partial charge in [-0.1, -0.05) is 18.2 Å². The van der Waals surface area contributed by atoms with Crippen molar-refractivity contribution in [2.75, 3.05) is 6.54 Å². The van der Waals surface area contributed by atoms with E-state index >= 15 is 0 Å². The van der Waals surface area contributed by atoms with E-state index in [4.69, 9.17) is 0 Å². The van der Waals surface area contributed by atoms with Gasteiger partial charge in [0.25, 0.3) is 0 Å². The fourth-order valence-electron chi connectivity index (χ4n) is 2.36. The molecule has 0 spiro atoms. The van der Waals surface area contributed by atoms with Crippen molar-refractivity contribution in [1.82, 2.24) is 9.88 Å². The molecule has 1 heterocycles. The fraction of sp³-hybridized carbons (Fsp3) is 0.500. The van der Waals surface area contributed by atoms with E-state index in [1.807, 2.05) is 0 Å². The van der Waals surface area contributed by atoms with Crippen LogP contribution in [0.4, 0.5) is 0 Å². The van der Waals surface area contributed by atoms with Gasteiger partial charge in [0.05, 0.1) is 0 Å². The summed E-state index contributed by atoms with van der Waals surface area (Å²) in [5.41, 5.74) is 3.00. The van der Waals surface area contributed by atoms with Crippen molar-refractivity contribution in [3.8, 4) is 0 Å². The molecule has 0 saturated carbocycles. The minimum atomic E-state index is 0.198. The molecule has 1 aromatic carbocycles. The predicted molar refractivity (Wildman–Crippen MR) is 79.1 cm³/mol. The number of aryl methyl sites for hydroxylation is 1. The Labute approximate surface area is 110 Å². The molecule has 0 aliphatic carbocycles. The van der Waals surface area contributed by atoms with E-state index in [-0.39, 0.29) is 5.54 Å². The largest absolute Gasteiger partial charge is 0.347 e. The Morgan fingerprint density at radius 2 is 1.89 bits per heavy atom. The van der Waals surface area contributed by atoms with Crippen LogP contribution in [-0.4, -0.2) is 16.7 Å². The zero-order valence-corrected chi connectivity index (χ0v) is 12.0. The normalized spacial score (nSPS) is 12.2. The lowest BCUT2D eigenvalue weighted by Gasteiger charge is -2.20. The number of aromatic nitrogens is 1. The van der Waals surface area contributed by atoms with Crippen LogP contribution in [0.1, 0.15) is 33.3 Å². The topological polar surface area (TPSA) is 17.0 Å².